The van der Waals surface area contributed by atoms with E-state index in [1.54, 1.807) is 12.1 Å². The highest BCUT2D eigenvalue weighted by Gasteiger charge is 2.33. The van der Waals surface area contributed by atoms with Crippen molar-refractivity contribution in [3.05, 3.63) is 82.9 Å². The maximum atomic E-state index is 14.5. The van der Waals surface area contributed by atoms with E-state index in [0.717, 1.165) is 55.7 Å². The molecule has 1 saturated carbocycles. The highest BCUT2D eigenvalue weighted by Crippen LogP contribution is 2.38. The molecule has 0 saturated heterocycles. The monoisotopic (exact) mass is 445 g/mol. The second kappa shape index (κ2) is 10.8. The van der Waals surface area contributed by atoms with Crippen molar-refractivity contribution in [3.63, 3.8) is 0 Å². The summed E-state index contributed by atoms with van der Waals surface area (Å²) in [4.78, 5) is 0. The van der Waals surface area contributed by atoms with Gasteiger partial charge in [0.25, 0.3) is 0 Å². The number of hydrogen-bond donors (Lipinski definition) is 0. The standard InChI is InChI=1S/C26H27F4NO/c1-2-3-4-18-5-7-20(8-6-18)21-9-11-22(12-10-21)26(29,30)32-14-13-19-15-24(27)23(17-31)25(28)16-19/h2,9-12,15-16,18,20H,1,3-8,13-14H2/t18-,20-. The number of hydrogen-bond acceptors (Lipinski definition) is 2. The molecule has 2 nitrogen and oxygen atoms in total. The van der Waals surface area contributed by atoms with Crippen LogP contribution in [0.3, 0.4) is 0 Å². The number of allylic oxidation sites excluding steroid dienone is 1. The lowest BCUT2D eigenvalue weighted by Gasteiger charge is -2.29. The molecule has 0 aliphatic heterocycles. The summed E-state index contributed by atoms with van der Waals surface area (Å²) in [6.45, 7) is 3.35. The largest absolute Gasteiger partial charge is 0.383 e. The predicted octanol–water partition coefficient (Wildman–Crippen LogP) is 7.39. The molecule has 0 unspecified atom stereocenters. The van der Waals surface area contributed by atoms with Gasteiger partial charge < -0.3 is 4.74 Å². The molecule has 2 aromatic rings. The number of rotatable bonds is 9. The van der Waals surface area contributed by atoms with E-state index in [1.165, 1.54) is 24.6 Å². The van der Waals surface area contributed by atoms with Gasteiger partial charge in [-0.05, 0) is 80.0 Å². The molecule has 1 aliphatic rings. The van der Waals surface area contributed by atoms with Crippen LogP contribution in [0, 0.1) is 28.9 Å². The van der Waals surface area contributed by atoms with Crippen molar-refractivity contribution in [2.24, 2.45) is 5.92 Å². The molecule has 0 atom stereocenters. The average molecular weight is 446 g/mol. The van der Waals surface area contributed by atoms with Crippen LogP contribution < -0.4 is 0 Å². The van der Waals surface area contributed by atoms with E-state index < -0.39 is 29.9 Å². The van der Waals surface area contributed by atoms with Crippen molar-refractivity contribution in [2.45, 2.75) is 57.0 Å². The van der Waals surface area contributed by atoms with E-state index in [2.05, 4.69) is 6.58 Å². The van der Waals surface area contributed by atoms with Crippen LogP contribution in [-0.4, -0.2) is 6.61 Å². The normalized spacial score (nSPS) is 18.8. The molecule has 1 aliphatic carbocycles. The van der Waals surface area contributed by atoms with Crippen molar-refractivity contribution in [1.29, 1.82) is 5.26 Å². The van der Waals surface area contributed by atoms with Crippen LogP contribution in [0.5, 0.6) is 0 Å². The first kappa shape index (κ1) is 24.0. The van der Waals surface area contributed by atoms with Crippen molar-refractivity contribution in [3.8, 4) is 6.07 Å². The van der Waals surface area contributed by atoms with Gasteiger partial charge in [0, 0.05) is 0 Å². The third kappa shape index (κ3) is 5.98. The summed E-state index contributed by atoms with van der Waals surface area (Å²) in [5, 5.41) is 8.69. The number of nitriles is 1. The molecule has 6 heteroatoms. The van der Waals surface area contributed by atoms with Gasteiger partial charge in [0.05, 0.1) is 12.2 Å². The maximum absolute atomic E-state index is 14.5. The van der Waals surface area contributed by atoms with E-state index >= 15 is 0 Å². The molecule has 1 fully saturated rings. The van der Waals surface area contributed by atoms with E-state index in [-0.39, 0.29) is 17.5 Å². The molecule has 0 heterocycles. The van der Waals surface area contributed by atoms with E-state index in [4.69, 9.17) is 10.00 Å². The van der Waals surface area contributed by atoms with Gasteiger partial charge in [-0.1, -0.05) is 30.3 Å². The second-order valence-corrected chi connectivity index (χ2v) is 8.37. The first-order chi connectivity index (χ1) is 15.3. The number of halogens is 4. The van der Waals surface area contributed by atoms with Crippen LogP contribution in [0.15, 0.2) is 49.1 Å². The fraction of sp³-hybridized carbons (Fsp3) is 0.423. The van der Waals surface area contributed by atoms with Gasteiger partial charge in [0.1, 0.15) is 23.3 Å². The Labute approximate surface area is 186 Å². The zero-order valence-electron chi connectivity index (χ0n) is 17.9. The van der Waals surface area contributed by atoms with E-state index in [0.29, 0.717) is 5.92 Å². The smallest absolute Gasteiger partial charge is 0.316 e. The first-order valence-electron chi connectivity index (χ1n) is 10.9. The van der Waals surface area contributed by atoms with Crippen molar-refractivity contribution >= 4 is 0 Å². The van der Waals surface area contributed by atoms with Crippen molar-refractivity contribution in [1.82, 2.24) is 0 Å². The zero-order valence-corrected chi connectivity index (χ0v) is 17.9. The third-order valence-electron chi connectivity index (χ3n) is 6.23. The molecule has 0 spiro atoms. The van der Waals surface area contributed by atoms with E-state index in [1.807, 2.05) is 6.08 Å². The van der Waals surface area contributed by atoms with Gasteiger partial charge in [-0.25, -0.2) is 8.78 Å². The molecule has 170 valence electrons. The Balaban J connectivity index is 1.54. The molecule has 2 aromatic carbocycles. The Morgan fingerprint density at radius 2 is 1.69 bits per heavy atom. The van der Waals surface area contributed by atoms with Gasteiger partial charge in [0.15, 0.2) is 0 Å². The van der Waals surface area contributed by atoms with Gasteiger partial charge in [-0.2, -0.15) is 14.0 Å². The molecular weight excluding hydrogens is 418 g/mol. The lowest BCUT2D eigenvalue weighted by atomic mass is 9.77. The minimum Gasteiger partial charge on any atom is -0.316 e. The number of ether oxygens (including phenoxy) is 1. The van der Waals surface area contributed by atoms with Crippen LogP contribution in [0.1, 0.15) is 66.7 Å². The minimum atomic E-state index is -3.51. The second-order valence-electron chi connectivity index (χ2n) is 8.37. The Morgan fingerprint density at radius 1 is 1.06 bits per heavy atom. The summed E-state index contributed by atoms with van der Waals surface area (Å²) >= 11 is 0. The quantitative estimate of drug-likeness (QED) is 0.298. The highest BCUT2D eigenvalue weighted by atomic mass is 19.3. The Kier molecular flexibility index (Phi) is 8.09. The van der Waals surface area contributed by atoms with Crippen LogP contribution in [-0.2, 0) is 17.3 Å². The summed E-state index contributed by atoms with van der Waals surface area (Å²) < 4.78 is 61.0. The summed E-state index contributed by atoms with van der Waals surface area (Å²) in [6.07, 6.45) is 4.96. The van der Waals surface area contributed by atoms with Crippen molar-refractivity contribution in [2.75, 3.05) is 6.61 Å². The minimum absolute atomic E-state index is 0.109. The van der Waals surface area contributed by atoms with Crippen LogP contribution in [0.25, 0.3) is 0 Å². The molecule has 3 rings (SSSR count). The summed E-state index contributed by atoms with van der Waals surface area (Å²) in [5.74, 6) is -0.918. The topological polar surface area (TPSA) is 33.0 Å². The Morgan fingerprint density at radius 3 is 2.25 bits per heavy atom. The van der Waals surface area contributed by atoms with Crippen LogP contribution in [0.2, 0.25) is 0 Å². The summed E-state index contributed by atoms with van der Waals surface area (Å²) in [5.41, 5.74) is 0.271. The van der Waals surface area contributed by atoms with Gasteiger partial charge in [-0.3, -0.25) is 0 Å². The molecule has 0 bridgehead atoms. The molecular formula is C26H27F4NO. The van der Waals surface area contributed by atoms with E-state index in [9.17, 15) is 17.6 Å². The average Bonchev–Trinajstić information content (AvgIpc) is 2.78. The Bertz CT molecular complexity index is 934. The summed E-state index contributed by atoms with van der Waals surface area (Å²) in [7, 11) is 0. The van der Waals surface area contributed by atoms with Crippen LogP contribution >= 0.6 is 0 Å². The third-order valence-corrected chi connectivity index (χ3v) is 6.23. The molecule has 0 amide bonds. The number of nitrogens with zero attached hydrogens (tertiary/aromatic N) is 1. The Hall–Kier alpha value is -2.65. The number of benzene rings is 2. The highest BCUT2D eigenvalue weighted by molar-refractivity contribution is 5.35. The molecule has 0 N–H and O–H groups in total. The lowest BCUT2D eigenvalue weighted by Crippen LogP contribution is -2.20. The van der Waals surface area contributed by atoms with Gasteiger partial charge in [0.2, 0.25) is 0 Å². The van der Waals surface area contributed by atoms with Gasteiger partial charge in [-0.15, -0.1) is 6.58 Å². The zero-order chi connectivity index (χ0) is 23.1. The predicted molar refractivity (Wildman–Crippen MR) is 115 cm³/mol. The van der Waals surface area contributed by atoms with Gasteiger partial charge >= 0.3 is 6.11 Å². The van der Waals surface area contributed by atoms with Crippen LogP contribution in [0.4, 0.5) is 17.6 Å². The molecule has 0 radical (unpaired) electrons. The fourth-order valence-electron chi connectivity index (χ4n) is 4.34. The number of alkyl halides is 2. The lowest BCUT2D eigenvalue weighted by molar-refractivity contribution is -0.248. The molecule has 32 heavy (non-hydrogen) atoms. The summed E-state index contributed by atoms with van der Waals surface area (Å²) in [6, 6.07) is 9.61. The first-order valence-corrected chi connectivity index (χ1v) is 10.9. The maximum Gasteiger partial charge on any atom is 0.383 e. The molecule has 0 aromatic heterocycles. The fourth-order valence-corrected chi connectivity index (χ4v) is 4.34. The van der Waals surface area contributed by atoms with Crippen molar-refractivity contribution < 1.29 is 22.3 Å². The SMILES string of the molecule is C=CCC[C@H]1CC[C@H](c2ccc(C(F)(F)OCCc3cc(F)c(C#N)c(F)c3)cc2)CC1.